The van der Waals surface area contributed by atoms with Crippen molar-refractivity contribution in [1.82, 2.24) is 5.43 Å². The molecule has 0 spiro atoms. The lowest BCUT2D eigenvalue weighted by molar-refractivity contribution is 0.155. The lowest BCUT2D eigenvalue weighted by Crippen LogP contribution is -2.41. The summed E-state index contributed by atoms with van der Waals surface area (Å²) in [5, 5.41) is 0.587. The summed E-state index contributed by atoms with van der Waals surface area (Å²) in [7, 11) is 0. The zero-order valence-corrected chi connectivity index (χ0v) is 13.0. The molecule has 4 heteroatoms. The van der Waals surface area contributed by atoms with Crippen molar-refractivity contribution in [1.29, 1.82) is 0 Å². The van der Waals surface area contributed by atoms with Gasteiger partial charge >= 0.3 is 0 Å². The molecule has 1 aromatic rings. The van der Waals surface area contributed by atoms with E-state index in [1.165, 1.54) is 25.0 Å². The minimum Gasteiger partial charge on any atom is -0.271 e. The van der Waals surface area contributed by atoms with Gasteiger partial charge in [-0.2, -0.15) is 0 Å². The summed E-state index contributed by atoms with van der Waals surface area (Å²) >= 11 is 6.28. The molecular weight excluding hydrogens is 275 g/mol. The molecule has 1 aliphatic carbocycles. The molecule has 2 nitrogen and oxygen atoms in total. The Bertz CT molecular complexity index is 456. The van der Waals surface area contributed by atoms with E-state index < -0.39 is 0 Å². The van der Waals surface area contributed by atoms with E-state index in [2.05, 4.69) is 19.3 Å². The third kappa shape index (κ3) is 3.16. The van der Waals surface area contributed by atoms with Crippen molar-refractivity contribution < 1.29 is 4.39 Å². The van der Waals surface area contributed by atoms with Crippen LogP contribution in [0.15, 0.2) is 18.2 Å². The molecule has 0 aromatic heterocycles. The molecule has 1 saturated carbocycles. The van der Waals surface area contributed by atoms with Crippen LogP contribution in [0.4, 0.5) is 4.39 Å². The van der Waals surface area contributed by atoms with E-state index in [0.717, 1.165) is 24.8 Å². The summed E-state index contributed by atoms with van der Waals surface area (Å²) in [6.07, 6.45) is 5.73. The molecule has 20 heavy (non-hydrogen) atoms. The van der Waals surface area contributed by atoms with Crippen LogP contribution in [0.5, 0.6) is 0 Å². The third-order valence-electron chi connectivity index (χ3n) is 4.46. The van der Waals surface area contributed by atoms with Crippen LogP contribution in [0, 0.1) is 17.2 Å². The van der Waals surface area contributed by atoms with Gasteiger partial charge < -0.3 is 0 Å². The Morgan fingerprint density at radius 3 is 2.55 bits per heavy atom. The van der Waals surface area contributed by atoms with E-state index in [1.807, 2.05) is 0 Å². The van der Waals surface area contributed by atoms with Crippen LogP contribution in [0.2, 0.25) is 5.02 Å². The lowest BCUT2D eigenvalue weighted by atomic mass is 9.70. The van der Waals surface area contributed by atoms with Crippen molar-refractivity contribution in [3.8, 4) is 0 Å². The van der Waals surface area contributed by atoms with Gasteiger partial charge in [-0.25, -0.2) is 4.39 Å². The summed E-state index contributed by atoms with van der Waals surface area (Å²) in [4.78, 5) is 0. The number of hydrogen-bond donors (Lipinski definition) is 2. The molecule has 112 valence electrons. The van der Waals surface area contributed by atoms with Crippen LogP contribution < -0.4 is 11.3 Å². The average molecular weight is 299 g/mol. The fraction of sp³-hybridized carbons (Fsp3) is 0.625. The standard InChI is InChI=1S/C16H24ClFN2/c1-11(2)10-16(7-3-4-8-16)15(20-19)13-9-12(18)5-6-14(13)17/h5-6,9,11,15,20H,3-4,7-8,10,19H2,1-2H3. The van der Waals surface area contributed by atoms with Gasteiger partial charge in [0.1, 0.15) is 5.82 Å². The number of benzene rings is 1. The van der Waals surface area contributed by atoms with Gasteiger partial charge in [0.2, 0.25) is 0 Å². The highest BCUT2D eigenvalue weighted by molar-refractivity contribution is 6.31. The summed E-state index contributed by atoms with van der Waals surface area (Å²) in [6, 6.07) is 4.45. The highest BCUT2D eigenvalue weighted by atomic mass is 35.5. The van der Waals surface area contributed by atoms with Gasteiger partial charge in [0, 0.05) is 5.02 Å². The largest absolute Gasteiger partial charge is 0.271 e. The Hall–Kier alpha value is -0.640. The van der Waals surface area contributed by atoms with Crippen LogP contribution >= 0.6 is 11.6 Å². The van der Waals surface area contributed by atoms with Gasteiger partial charge in [-0.05, 0) is 54.4 Å². The van der Waals surface area contributed by atoms with Crippen LogP contribution in [0.1, 0.15) is 57.6 Å². The van der Waals surface area contributed by atoms with Crippen LogP contribution in [-0.2, 0) is 0 Å². The summed E-state index contributed by atoms with van der Waals surface area (Å²) in [5.41, 5.74) is 3.80. The molecular formula is C16H24ClFN2. The van der Waals surface area contributed by atoms with Crippen LogP contribution in [0.25, 0.3) is 0 Å². The normalized spacial score (nSPS) is 19.5. The maximum atomic E-state index is 13.6. The first-order valence-corrected chi connectivity index (χ1v) is 7.77. The number of hydrazine groups is 1. The molecule has 1 aliphatic rings. The van der Waals surface area contributed by atoms with Crippen molar-refractivity contribution in [2.45, 2.75) is 52.0 Å². The topological polar surface area (TPSA) is 38.0 Å². The molecule has 0 heterocycles. The predicted octanol–water partition coefficient (Wildman–Crippen LogP) is 4.59. The maximum Gasteiger partial charge on any atom is 0.123 e. The minimum atomic E-state index is -0.262. The van der Waals surface area contributed by atoms with Crippen molar-refractivity contribution in [3.05, 3.63) is 34.6 Å². The van der Waals surface area contributed by atoms with Crippen molar-refractivity contribution >= 4 is 11.6 Å². The zero-order valence-electron chi connectivity index (χ0n) is 12.3. The SMILES string of the molecule is CC(C)CC1(C(NN)c2cc(F)ccc2Cl)CCCC1. The number of rotatable bonds is 5. The molecule has 0 aliphatic heterocycles. The number of nitrogens with one attached hydrogen (secondary N) is 1. The van der Waals surface area contributed by atoms with Gasteiger partial charge in [-0.3, -0.25) is 11.3 Å². The lowest BCUT2D eigenvalue weighted by Gasteiger charge is -2.39. The molecule has 0 radical (unpaired) electrons. The monoisotopic (exact) mass is 298 g/mol. The Labute approximate surface area is 125 Å². The van der Waals surface area contributed by atoms with E-state index in [-0.39, 0.29) is 17.3 Å². The fourth-order valence-corrected chi connectivity index (χ4v) is 4.06. The van der Waals surface area contributed by atoms with E-state index >= 15 is 0 Å². The van der Waals surface area contributed by atoms with Gasteiger partial charge in [0.05, 0.1) is 6.04 Å². The van der Waals surface area contributed by atoms with Crippen molar-refractivity contribution in [2.75, 3.05) is 0 Å². The van der Waals surface area contributed by atoms with E-state index in [4.69, 9.17) is 17.4 Å². The van der Waals surface area contributed by atoms with E-state index in [1.54, 1.807) is 6.07 Å². The van der Waals surface area contributed by atoms with Crippen LogP contribution in [-0.4, -0.2) is 0 Å². The molecule has 1 atom stereocenters. The van der Waals surface area contributed by atoms with Gasteiger partial charge in [0.15, 0.2) is 0 Å². The number of halogens is 2. The molecule has 1 aromatic carbocycles. The van der Waals surface area contributed by atoms with Crippen LogP contribution in [0.3, 0.4) is 0 Å². The first-order valence-electron chi connectivity index (χ1n) is 7.39. The average Bonchev–Trinajstić information content (AvgIpc) is 2.83. The molecule has 0 amide bonds. The first kappa shape index (κ1) is 15.7. The molecule has 1 fully saturated rings. The molecule has 2 rings (SSSR count). The molecule has 3 N–H and O–H groups in total. The summed E-state index contributed by atoms with van der Waals surface area (Å²) in [6.45, 7) is 4.45. The fourth-order valence-electron chi connectivity index (χ4n) is 3.84. The van der Waals surface area contributed by atoms with Gasteiger partial charge in [-0.1, -0.05) is 38.3 Å². The van der Waals surface area contributed by atoms with Gasteiger partial charge in [0.25, 0.3) is 0 Å². The zero-order chi connectivity index (χ0) is 14.8. The van der Waals surface area contributed by atoms with E-state index in [0.29, 0.717) is 10.9 Å². The third-order valence-corrected chi connectivity index (χ3v) is 4.81. The second-order valence-corrected chi connectivity index (χ2v) is 6.84. The first-order chi connectivity index (χ1) is 9.48. The second-order valence-electron chi connectivity index (χ2n) is 6.43. The van der Waals surface area contributed by atoms with Gasteiger partial charge in [-0.15, -0.1) is 0 Å². The number of hydrogen-bond acceptors (Lipinski definition) is 2. The quantitative estimate of drug-likeness (QED) is 0.616. The smallest absolute Gasteiger partial charge is 0.123 e. The Kier molecular flexibility index (Phi) is 5.05. The molecule has 0 saturated heterocycles. The Balaban J connectivity index is 2.40. The minimum absolute atomic E-state index is 0.0837. The number of nitrogens with two attached hydrogens (primary N) is 1. The van der Waals surface area contributed by atoms with Crippen molar-refractivity contribution in [2.24, 2.45) is 17.2 Å². The van der Waals surface area contributed by atoms with E-state index in [9.17, 15) is 4.39 Å². The highest BCUT2D eigenvalue weighted by Crippen LogP contribution is 2.52. The molecule has 0 bridgehead atoms. The van der Waals surface area contributed by atoms with Crippen molar-refractivity contribution in [3.63, 3.8) is 0 Å². The summed E-state index contributed by atoms with van der Waals surface area (Å²) in [5.74, 6) is 6.15. The highest BCUT2D eigenvalue weighted by Gasteiger charge is 2.42. The maximum absolute atomic E-state index is 13.6. The Morgan fingerprint density at radius 2 is 2.00 bits per heavy atom. The predicted molar refractivity (Wildman–Crippen MR) is 81.8 cm³/mol. The molecule has 1 unspecified atom stereocenters. The Morgan fingerprint density at radius 1 is 1.35 bits per heavy atom. The second kappa shape index (κ2) is 6.42. The summed E-state index contributed by atoms with van der Waals surface area (Å²) < 4.78 is 13.6.